The van der Waals surface area contributed by atoms with Gasteiger partial charge in [-0.1, -0.05) is 0 Å². The molecule has 3 rings (SSSR count). The minimum atomic E-state index is -1.08. The topological polar surface area (TPSA) is 84.9 Å². The number of ether oxygens (including phenoxy) is 2. The van der Waals surface area contributed by atoms with Gasteiger partial charge in [0, 0.05) is 5.56 Å². The van der Waals surface area contributed by atoms with Crippen LogP contribution in [-0.4, -0.2) is 30.2 Å². The number of rotatable bonds is 3. The number of carboxylic acid groups (broad SMARTS) is 1. The molecule has 0 spiro atoms. The van der Waals surface area contributed by atoms with Gasteiger partial charge in [-0.15, -0.1) is 11.3 Å². The molecule has 0 aliphatic carbocycles. The first-order chi connectivity index (χ1) is 10.1. The fraction of sp³-hybridized carbons (Fsp3) is 0.143. The van der Waals surface area contributed by atoms with E-state index in [0.29, 0.717) is 35.3 Å². The Kier molecular flexibility index (Phi) is 3.49. The first-order valence-corrected chi connectivity index (χ1v) is 7.05. The summed E-state index contributed by atoms with van der Waals surface area (Å²) in [5.41, 5.74) is 0.454. The third-order valence-electron chi connectivity index (χ3n) is 2.93. The van der Waals surface area contributed by atoms with E-state index in [-0.39, 0.29) is 5.56 Å². The molecular formula is C14H11NO5S. The Morgan fingerprint density at radius 2 is 1.90 bits per heavy atom. The van der Waals surface area contributed by atoms with Gasteiger partial charge in [0.2, 0.25) is 0 Å². The van der Waals surface area contributed by atoms with E-state index in [1.165, 1.54) is 6.07 Å². The van der Waals surface area contributed by atoms with Crippen LogP contribution in [0.15, 0.2) is 29.6 Å². The van der Waals surface area contributed by atoms with Crippen LogP contribution in [0.4, 0.5) is 5.00 Å². The van der Waals surface area contributed by atoms with Crippen LogP contribution < -0.4 is 14.8 Å². The summed E-state index contributed by atoms with van der Waals surface area (Å²) in [5.74, 6) is -0.357. The lowest BCUT2D eigenvalue weighted by Gasteiger charge is -2.18. The molecule has 0 saturated heterocycles. The van der Waals surface area contributed by atoms with Crippen molar-refractivity contribution in [1.82, 2.24) is 0 Å². The molecule has 0 fully saturated rings. The number of thiophene rings is 1. The van der Waals surface area contributed by atoms with Gasteiger partial charge in [0.05, 0.1) is 5.56 Å². The maximum Gasteiger partial charge on any atom is 0.338 e. The summed E-state index contributed by atoms with van der Waals surface area (Å²) in [6.07, 6.45) is 0. The summed E-state index contributed by atoms with van der Waals surface area (Å²) >= 11 is 1.16. The average molecular weight is 305 g/mol. The van der Waals surface area contributed by atoms with Gasteiger partial charge >= 0.3 is 5.97 Å². The van der Waals surface area contributed by atoms with Gasteiger partial charge in [0.15, 0.2) is 11.5 Å². The zero-order valence-electron chi connectivity index (χ0n) is 10.8. The van der Waals surface area contributed by atoms with Crippen molar-refractivity contribution in [3.63, 3.8) is 0 Å². The van der Waals surface area contributed by atoms with Gasteiger partial charge in [-0.2, -0.15) is 0 Å². The molecular weight excluding hydrogens is 294 g/mol. The second-order valence-electron chi connectivity index (χ2n) is 4.28. The SMILES string of the molecule is O=C(Nc1sccc1C(=O)O)c1ccc2c(c1)OCCO2. The molecule has 2 aromatic rings. The van der Waals surface area contributed by atoms with E-state index in [2.05, 4.69) is 5.32 Å². The minimum Gasteiger partial charge on any atom is -0.486 e. The molecule has 1 aliphatic rings. The highest BCUT2D eigenvalue weighted by atomic mass is 32.1. The summed E-state index contributed by atoms with van der Waals surface area (Å²) < 4.78 is 10.8. The standard InChI is InChI=1S/C14H11NO5S/c16-12(15-13-9(14(17)18)3-6-21-13)8-1-2-10-11(7-8)20-5-4-19-10/h1-3,6-7H,4-5H2,(H,15,16)(H,17,18). The number of nitrogens with one attached hydrogen (secondary N) is 1. The van der Waals surface area contributed by atoms with Crippen LogP contribution in [0.1, 0.15) is 20.7 Å². The third-order valence-corrected chi connectivity index (χ3v) is 3.76. The minimum absolute atomic E-state index is 0.0749. The highest BCUT2D eigenvalue weighted by Gasteiger charge is 2.18. The lowest BCUT2D eigenvalue weighted by Crippen LogP contribution is -2.17. The van der Waals surface area contributed by atoms with Gasteiger partial charge in [0.1, 0.15) is 18.2 Å². The van der Waals surface area contributed by atoms with Crippen molar-refractivity contribution in [2.24, 2.45) is 0 Å². The number of anilines is 1. The number of hydrogen-bond donors (Lipinski definition) is 2. The molecule has 0 unspecified atom stereocenters. The largest absolute Gasteiger partial charge is 0.486 e. The molecule has 0 saturated carbocycles. The molecule has 6 nitrogen and oxygen atoms in total. The lowest BCUT2D eigenvalue weighted by atomic mass is 10.2. The van der Waals surface area contributed by atoms with E-state index >= 15 is 0 Å². The van der Waals surface area contributed by atoms with Crippen LogP contribution in [0, 0.1) is 0 Å². The molecule has 21 heavy (non-hydrogen) atoms. The summed E-state index contributed by atoms with van der Waals surface area (Å²) in [7, 11) is 0. The molecule has 108 valence electrons. The maximum absolute atomic E-state index is 12.2. The Labute approximate surface area is 123 Å². The molecule has 0 bridgehead atoms. The molecule has 1 aromatic heterocycles. The van der Waals surface area contributed by atoms with Crippen LogP contribution in [0.2, 0.25) is 0 Å². The third kappa shape index (κ3) is 2.68. The molecule has 1 aliphatic heterocycles. The van der Waals surface area contributed by atoms with Crippen molar-refractivity contribution in [3.05, 3.63) is 40.8 Å². The van der Waals surface area contributed by atoms with Crippen molar-refractivity contribution in [2.75, 3.05) is 18.5 Å². The van der Waals surface area contributed by atoms with Crippen molar-refractivity contribution >= 4 is 28.2 Å². The van der Waals surface area contributed by atoms with E-state index < -0.39 is 11.9 Å². The van der Waals surface area contributed by atoms with Gasteiger partial charge in [0.25, 0.3) is 5.91 Å². The highest BCUT2D eigenvalue weighted by Crippen LogP contribution is 2.31. The molecule has 0 radical (unpaired) electrons. The predicted octanol–water partition coefficient (Wildman–Crippen LogP) is 2.47. The second kappa shape index (κ2) is 5.45. The quantitative estimate of drug-likeness (QED) is 0.910. The number of amides is 1. The van der Waals surface area contributed by atoms with Gasteiger partial charge in [-0.25, -0.2) is 4.79 Å². The zero-order chi connectivity index (χ0) is 14.8. The van der Waals surface area contributed by atoms with Gasteiger partial charge in [-0.05, 0) is 29.6 Å². The summed E-state index contributed by atoms with van der Waals surface area (Å²) in [6, 6.07) is 6.30. The van der Waals surface area contributed by atoms with E-state index in [1.807, 2.05) is 0 Å². The predicted molar refractivity (Wildman–Crippen MR) is 76.7 cm³/mol. The number of benzene rings is 1. The van der Waals surface area contributed by atoms with E-state index in [9.17, 15) is 9.59 Å². The summed E-state index contributed by atoms with van der Waals surface area (Å²) in [4.78, 5) is 23.2. The monoisotopic (exact) mass is 305 g/mol. The Bertz CT molecular complexity index is 709. The fourth-order valence-electron chi connectivity index (χ4n) is 1.93. The van der Waals surface area contributed by atoms with Crippen molar-refractivity contribution < 1.29 is 24.2 Å². The number of carbonyl (C=O) groups is 2. The van der Waals surface area contributed by atoms with Crippen LogP contribution in [0.5, 0.6) is 11.5 Å². The summed E-state index contributed by atoms with van der Waals surface area (Å²) in [5, 5.41) is 13.5. The molecule has 2 N–H and O–H groups in total. The summed E-state index contributed by atoms with van der Waals surface area (Å²) in [6.45, 7) is 0.919. The van der Waals surface area contributed by atoms with Crippen molar-refractivity contribution in [1.29, 1.82) is 0 Å². The van der Waals surface area contributed by atoms with Gasteiger partial charge < -0.3 is 19.9 Å². The number of aromatic carboxylic acids is 1. The van der Waals surface area contributed by atoms with Crippen LogP contribution in [-0.2, 0) is 0 Å². The lowest BCUT2D eigenvalue weighted by molar-refractivity contribution is 0.0698. The van der Waals surface area contributed by atoms with E-state index in [1.54, 1.807) is 23.6 Å². The number of carboxylic acids is 1. The molecule has 2 heterocycles. The molecule has 1 amide bonds. The van der Waals surface area contributed by atoms with Crippen LogP contribution in [0.3, 0.4) is 0 Å². The van der Waals surface area contributed by atoms with Crippen molar-refractivity contribution in [3.8, 4) is 11.5 Å². The van der Waals surface area contributed by atoms with Crippen LogP contribution in [0.25, 0.3) is 0 Å². The average Bonchev–Trinajstić information content (AvgIpc) is 2.95. The smallest absolute Gasteiger partial charge is 0.338 e. The Hall–Kier alpha value is -2.54. The first kappa shape index (κ1) is 13.4. The number of carbonyl (C=O) groups excluding carboxylic acids is 1. The van der Waals surface area contributed by atoms with Crippen LogP contribution >= 0.6 is 11.3 Å². The fourth-order valence-corrected chi connectivity index (χ4v) is 2.71. The number of hydrogen-bond acceptors (Lipinski definition) is 5. The molecule has 0 atom stereocenters. The Morgan fingerprint density at radius 1 is 1.14 bits per heavy atom. The van der Waals surface area contributed by atoms with E-state index in [4.69, 9.17) is 14.6 Å². The highest BCUT2D eigenvalue weighted by molar-refractivity contribution is 7.14. The number of fused-ring (bicyclic) bond motifs is 1. The molecule has 7 heteroatoms. The van der Waals surface area contributed by atoms with Crippen molar-refractivity contribution in [2.45, 2.75) is 0 Å². The molecule has 1 aromatic carbocycles. The Morgan fingerprint density at radius 3 is 2.67 bits per heavy atom. The first-order valence-electron chi connectivity index (χ1n) is 6.17. The zero-order valence-corrected chi connectivity index (χ0v) is 11.6. The van der Waals surface area contributed by atoms with E-state index in [0.717, 1.165) is 11.3 Å². The Balaban J connectivity index is 1.82. The maximum atomic E-state index is 12.2. The second-order valence-corrected chi connectivity index (χ2v) is 5.20. The van der Waals surface area contributed by atoms with Gasteiger partial charge in [-0.3, -0.25) is 4.79 Å². The normalized spacial score (nSPS) is 12.8.